The molecule has 0 spiro atoms. The normalized spacial score (nSPS) is 18.6. The van der Waals surface area contributed by atoms with Crippen molar-refractivity contribution in [2.24, 2.45) is 5.92 Å². The van der Waals surface area contributed by atoms with E-state index in [2.05, 4.69) is 10.1 Å². The summed E-state index contributed by atoms with van der Waals surface area (Å²) in [6.45, 7) is 5.72. The van der Waals surface area contributed by atoms with Crippen LogP contribution in [0, 0.1) is 17.1 Å². The van der Waals surface area contributed by atoms with Crippen LogP contribution in [0.1, 0.15) is 60.5 Å². The second-order valence-corrected chi connectivity index (χ2v) is 9.13. The molecular formula is C27H35ClFN3O4. The first-order valence-corrected chi connectivity index (χ1v) is 12.4. The number of β-amino-alcohol motifs (C(OH)–C–C–N with tert-alkyl or cyclic N) is 1. The van der Waals surface area contributed by atoms with Gasteiger partial charge in [-0.3, -0.25) is 15.0 Å². The van der Waals surface area contributed by atoms with Crippen LogP contribution in [-0.4, -0.2) is 61.4 Å². The highest BCUT2D eigenvalue weighted by Crippen LogP contribution is 2.42. The van der Waals surface area contributed by atoms with Gasteiger partial charge in [0.1, 0.15) is 11.7 Å². The van der Waals surface area contributed by atoms with Crippen molar-refractivity contribution >= 4 is 35.9 Å². The number of halogens is 2. The van der Waals surface area contributed by atoms with E-state index in [9.17, 15) is 19.1 Å². The lowest BCUT2D eigenvalue weighted by Crippen LogP contribution is -2.46. The number of likely N-dealkylation sites (tertiary alicyclic amines) is 1. The lowest BCUT2D eigenvalue weighted by molar-refractivity contribution is -0.128. The number of hydrogen-bond acceptors (Lipinski definition) is 6. The van der Waals surface area contributed by atoms with E-state index in [0.717, 1.165) is 18.3 Å². The van der Waals surface area contributed by atoms with Crippen LogP contribution >= 0.6 is 11.6 Å². The van der Waals surface area contributed by atoms with Gasteiger partial charge in [0, 0.05) is 31.4 Å². The third kappa shape index (κ3) is 8.03. The number of benzene rings is 2. The van der Waals surface area contributed by atoms with Crippen molar-refractivity contribution in [2.45, 2.75) is 45.1 Å². The van der Waals surface area contributed by atoms with Crippen LogP contribution < -0.4 is 5.32 Å². The predicted molar refractivity (Wildman–Crippen MR) is 141 cm³/mol. The summed E-state index contributed by atoms with van der Waals surface area (Å²) in [5, 5.41) is 21.6. The Labute approximate surface area is 217 Å². The van der Waals surface area contributed by atoms with Gasteiger partial charge in [-0.05, 0) is 61.8 Å². The first kappa shape index (κ1) is 29.3. The average Bonchev–Trinajstić information content (AvgIpc) is 3.72. The topological polar surface area (TPSA) is 103 Å². The SMILES string of the molecule is CCOC=O.CNc1cccc(F)c1C(=N)N1CCC(C)C(O)C1.O=Cc1c(Cl)cccc1C1CC1. The van der Waals surface area contributed by atoms with Crippen molar-refractivity contribution in [3.8, 4) is 0 Å². The van der Waals surface area contributed by atoms with Crippen molar-refractivity contribution in [1.82, 2.24) is 4.90 Å². The zero-order chi connectivity index (χ0) is 26.7. The van der Waals surface area contributed by atoms with Crippen molar-refractivity contribution in [2.75, 3.05) is 32.1 Å². The molecule has 1 saturated heterocycles. The summed E-state index contributed by atoms with van der Waals surface area (Å²) >= 11 is 5.87. The number of ether oxygens (including phenoxy) is 1. The largest absolute Gasteiger partial charge is 0.468 e. The van der Waals surface area contributed by atoms with Crippen molar-refractivity contribution in [1.29, 1.82) is 5.41 Å². The summed E-state index contributed by atoms with van der Waals surface area (Å²) in [4.78, 5) is 21.6. The second-order valence-electron chi connectivity index (χ2n) is 8.73. The molecule has 0 radical (unpaired) electrons. The summed E-state index contributed by atoms with van der Waals surface area (Å²) in [7, 11) is 1.71. The molecule has 1 saturated carbocycles. The monoisotopic (exact) mass is 519 g/mol. The number of aliphatic hydroxyl groups is 1. The molecule has 9 heteroatoms. The molecule has 2 unspecified atom stereocenters. The first-order valence-electron chi connectivity index (χ1n) is 12.1. The Morgan fingerprint density at radius 3 is 2.47 bits per heavy atom. The molecule has 1 aliphatic carbocycles. The van der Waals surface area contributed by atoms with Gasteiger partial charge in [-0.25, -0.2) is 4.39 Å². The first-order chi connectivity index (χ1) is 17.3. The molecule has 1 heterocycles. The smallest absolute Gasteiger partial charge is 0.293 e. The minimum Gasteiger partial charge on any atom is -0.468 e. The Balaban J connectivity index is 0.000000228. The summed E-state index contributed by atoms with van der Waals surface area (Å²) in [5.41, 5.74) is 2.67. The number of piperidine rings is 1. The van der Waals surface area contributed by atoms with E-state index in [0.29, 0.717) is 48.4 Å². The van der Waals surface area contributed by atoms with Crippen molar-refractivity contribution in [3.63, 3.8) is 0 Å². The average molecular weight is 520 g/mol. The lowest BCUT2D eigenvalue weighted by Gasteiger charge is -2.36. The van der Waals surface area contributed by atoms with Crippen LogP contribution in [0.4, 0.5) is 10.1 Å². The van der Waals surface area contributed by atoms with E-state index in [1.807, 2.05) is 19.1 Å². The van der Waals surface area contributed by atoms with Gasteiger partial charge in [-0.2, -0.15) is 0 Å². The summed E-state index contributed by atoms with van der Waals surface area (Å²) in [5.74, 6) is 0.538. The summed E-state index contributed by atoms with van der Waals surface area (Å²) < 4.78 is 18.1. The molecule has 0 bridgehead atoms. The maximum absolute atomic E-state index is 13.9. The van der Waals surface area contributed by atoms with Crippen LogP contribution in [0.2, 0.25) is 5.02 Å². The van der Waals surface area contributed by atoms with Crippen LogP contribution in [0.15, 0.2) is 36.4 Å². The van der Waals surface area contributed by atoms with Crippen LogP contribution in [0.5, 0.6) is 0 Å². The Morgan fingerprint density at radius 2 is 1.94 bits per heavy atom. The van der Waals surface area contributed by atoms with Gasteiger partial charge in [-0.1, -0.05) is 36.7 Å². The highest BCUT2D eigenvalue weighted by molar-refractivity contribution is 6.33. The number of nitrogens with zero attached hydrogens (tertiary/aromatic N) is 1. The molecule has 0 amide bonds. The molecular weight excluding hydrogens is 485 g/mol. The fraction of sp³-hybridized carbons (Fsp3) is 0.444. The van der Waals surface area contributed by atoms with Gasteiger partial charge in [-0.15, -0.1) is 0 Å². The van der Waals surface area contributed by atoms with Gasteiger partial charge < -0.3 is 20.1 Å². The quantitative estimate of drug-likeness (QED) is 0.278. The number of carbonyl (C=O) groups excluding carboxylic acids is 2. The van der Waals surface area contributed by atoms with E-state index in [1.54, 1.807) is 37.1 Å². The number of rotatable bonds is 6. The van der Waals surface area contributed by atoms with E-state index in [-0.39, 0.29) is 17.3 Å². The minimum absolute atomic E-state index is 0.133. The van der Waals surface area contributed by atoms with Crippen LogP contribution in [0.25, 0.3) is 0 Å². The molecule has 4 rings (SSSR count). The van der Waals surface area contributed by atoms with Gasteiger partial charge in [0.25, 0.3) is 6.47 Å². The highest BCUT2D eigenvalue weighted by Gasteiger charge is 2.28. The fourth-order valence-electron chi connectivity index (χ4n) is 3.88. The molecule has 7 nitrogen and oxygen atoms in total. The van der Waals surface area contributed by atoms with E-state index in [1.165, 1.54) is 18.9 Å². The number of aliphatic hydroxyl groups excluding tert-OH is 1. The number of nitrogens with one attached hydrogen (secondary N) is 2. The minimum atomic E-state index is -0.459. The third-order valence-corrected chi connectivity index (χ3v) is 6.54. The Kier molecular flexibility index (Phi) is 11.8. The number of aldehydes is 1. The lowest BCUT2D eigenvalue weighted by atomic mass is 9.95. The Hall–Kier alpha value is -2.97. The standard InChI is InChI=1S/C14H20FN3O.C10H9ClO.C3H6O2/c1-9-6-7-18(8-12(9)19)14(16)13-10(15)4-3-5-11(13)17-2;11-10-3-1-2-8(7-4-5-7)9(10)6-12;1-2-5-3-4/h3-5,9,12,16-17,19H,6-8H2,1-2H3;1-3,6-7H,4-5H2;3H,2H2,1H3. The number of carbonyl (C=O) groups is 2. The Morgan fingerprint density at radius 1 is 1.25 bits per heavy atom. The summed E-state index contributed by atoms with van der Waals surface area (Å²) in [6, 6.07) is 10.4. The van der Waals surface area contributed by atoms with Gasteiger partial charge >= 0.3 is 0 Å². The van der Waals surface area contributed by atoms with Crippen LogP contribution in [-0.2, 0) is 9.53 Å². The van der Waals surface area contributed by atoms with Crippen molar-refractivity contribution in [3.05, 3.63) is 63.9 Å². The van der Waals surface area contributed by atoms with Gasteiger partial charge in [0.05, 0.1) is 23.3 Å². The second kappa shape index (κ2) is 14.6. The Bertz CT molecular complexity index is 1030. The molecule has 3 N–H and O–H groups in total. The molecule has 36 heavy (non-hydrogen) atoms. The number of amidine groups is 1. The molecule has 1 aliphatic heterocycles. The molecule has 2 fully saturated rings. The van der Waals surface area contributed by atoms with Gasteiger partial charge in [0.2, 0.25) is 0 Å². The number of anilines is 1. The zero-order valence-corrected chi connectivity index (χ0v) is 21.7. The van der Waals surface area contributed by atoms with E-state index in [4.69, 9.17) is 17.0 Å². The third-order valence-electron chi connectivity index (χ3n) is 6.21. The molecule has 0 aromatic heterocycles. The highest BCUT2D eigenvalue weighted by atomic mass is 35.5. The maximum Gasteiger partial charge on any atom is 0.293 e. The molecule has 196 valence electrons. The van der Waals surface area contributed by atoms with Gasteiger partial charge in [0.15, 0.2) is 6.29 Å². The van der Waals surface area contributed by atoms with E-state index < -0.39 is 11.9 Å². The van der Waals surface area contributed by atoms with Crippen molar-refractivity contribution < 1.29 is 23.8 Å². The number of hydrogen-bond donors (Lipinski definition) is 3. The summed E-state index contributed by atoms with van der Waals surface area (Å²) in [6.07, 6.45) is 3.60. The molecule has 2 aliphatic rings. The fourth-order valence-corrected chi connectivity index (χ4v) is 4.11. The van der Waals surface area contributed by atoms with Crippen LogP contribution in [0.3, 0.4) is 0 Å². The zero-order valence-electron chi connectivity index (χ0n) is 21.0. The predicted octanol–water partition coefficient (Wildman–Crippen LogP) is 5.10. The molecule has 2 aromatic rings. The molecule has 2 atom stereocenters. The molecule has 2 aromatic carbocycles. The van der Waals surface area contributed by atoms with E-state index >= 15 is 0 Å². The maximum atomic E-state index is 13.9.